The Hall–Kier alpha value is -3.59. The lowest BCUT2D eigenvalue weighted by Crippen LogP contribution is -2.17. The number of hydrogen-bond acceptors (Lipinski definition) is 3. The van der Waals surface area contributed by atoms with Crippen molar-refractivity contribution in [2.75, 3.05) is 5.32 Å². The number of carboxylic acids is 1. The second-order valence-electron chi connectivity index (χ2n) is 6.60. The number of carbonyl (C=O) groups excluding carboxylic acids is 1. The molecule has 0 radical (unpaired) electrons. The zero-order valence-electron chi connectivity index (χ0n) is 16.8. The second-order valence-corrected chi connectivity index (χ2v) is 6.60. The zero-order valence-corrected chi connectivity index (χ0v) is 16.8. The highest BCUT2D eigenvalue weighted by Crippen LogP contribution is 2.18. The standard InChI is InChI=1S/C14H15N3O.C9H10O2/c1-4-11-6-5-7-12(9-11)14(18)15-13-8-10(2)16-17(13)3;1-2-7-5-3-4-6-8(7)9(10)11/h1,5,7-9,11H,6H2,2-3H3,(H,15,18);3-6H,2H2,1H3,(H,10,11). The van der Waals surface area contributed by atoms with Gasteiger partial charge in [0.1, 0.15) is 5.82 Å². The molecule has 1 aliphatic carbocycles. The topological polar surface area (TPSA) is 84.2 Å². The minimum atomic E-state index is -0.845. The van der Waals surface area contributed by atoms with Crippen molar-refractivity contribution in [3.63, 3.8) is 0 Å². The van der Waals surface area contributed by atoms with Gasteiger partial charge in [-0.25, -0.2) is 4.79 Å². The van der Waals surface area contributed by atoms with E-state index in [4.69, 9.17) is 11.5 Å². The van der Waals surface area contributed by atoms with E-state index in [1.807, 2.05) is 44.2 Å². The summed E-state index contributed by atoms with van der Waals surface area (Å²) in [5, 5.41) is 15.7. The summed E-state index contributed by atoms with van der Waals surface area (Å²) in [4.78, 5) is 22.6. The fourth-order valence-electron chi connectivity index (χ4n) is 2.90. The molecule has 1 amide bonds. The van der Waals surface area contributed by atoms with Crippen LogP contribution in [0.2, 0.25) is 0 Å². The van der Waals surface area contributed by atoms with E-state index in [0.717, 1.165) is 24.1 Å². The van der Waals surface area contributed by atoms with Crippen molar-refractivity contribution in [1.29, 1.82) is 0 Å². The molecule has 0 spiro atoms. The summed E-state index contributed by atoms with van der Waals surface area (Å²) in [6, 6.07) is 8.88. The molecule has 1 aromatic carbocycles. The molecule has 0 saturated carbocycles. The Kier molecular flexibility index (Phi) is 7.55. The van der Waals surface area contributed by atoms with Crippen molar-refractivity contribution in [2.24, 2.45) is 13.0 Å². The van der Waals surface area contributed by atoms with Gasteiger partial charge >= 0.3 is 5.97 Å². The Bertz CT molecular complexity index is 993. The first kappa shape index (κ1) is 21.7. The third-order valence-electron chi connectivity index (χ3n) is 4.42. The molecule has 1 aliphatic rings. The van der Waals surface area contributed by atoms with Crippen molar-refractivity contribution in [3.8, 4) is 12.3 Å². The highest BCUT2D eigenvalue weighted by Gasteiger charge is 2.14. The second kappa shape index (κ2) is 10.1. The van der Waals surface area contributed by atoms with Crippen molar-refractivity contribution in [1.82, 2.24) is 9.78 Å². The van der Waals surface area contributed by atoms with Crippen LogP contribution in [-0.4, -0.2) is 26.8 Å². The molecular weight excluding hydrogens is 366 g/mol. The number of amides is 1. The molecule has 3 rings (SSSR count). The van der Waals surface area contributed by atoms with Crippen LogP contribution in [-0.2, 0) is 18.3 Å². The maximum Gasteiger partial charge on any atom is 0.335 e. The van der Waals surface area contributed by atoms with Crippen LogP contribution in [0.25, 0.3) is 0 Å². The van der Waals surface area contributed by atoms with Crippen molar-refractivity contribution < 1.29 is 14.7 Å². The summed E-state index contributed by atoms with van der Waals surface area (Å²) in [5.41, 5.74) is 2.76. The average Bonchev–Trinajstić information content (AvgIpc) is 3.04. The summed E-state index contributed by atoms with van der Waals surface area (Å²) >= 11 is 0. The van der Waals surface area contributed by atoms with Gasteiger partial charge in [0.15, 0.2) is 0 Å². The number of aromatic carboxylic acids is 1. The first-order valence-electron chi connectivity index (χ1n) is 9.33. The molecule has 0 aliphatic heterocycles. The van der Waals surface area contributed by atoms with Crippen LogP contribution in [0, 0.1) is 25.2 Å². The largest absolute Gasteiger partial charge is 0.478 e. The van der Waals surface area contributed by atoms with E-state index in [0.29, 0.717) is 17.0 Å². The van der Waals surface area contributed by atoms with Gasteiger partial charge in [-0.2, -0.15) is 5.10 Å². The highest BCUT2D eigenvalue weighted by molar-refractivity contribution is 6.05. The third kappa shape index (κ3) is 5.94. The number of hydrogen-bond donors (Lipinski definition) is 2. The van der Waals surface area contributed by atoms with E-state index in [2.05, 4.69) is 16.3 Å². The maximum absolute atomic E-state index is 12.1. The van der Waals surface area contributed by atoms with E-state index in [-0.39, 0.29) is 11.8 Å². The van der Waals surface area contributed by atoms with Crippen molar-refractivity contribution >= 4 is 17.7 Å². The Labute approximate surface area is 170 Å². The van der Waals surface area contributed by atoms with E-state index < -0.39 is 5.97 Å². The smallest absolute Gasteiger partial charge is 0.335 e. The van der Waals surface area contributed by atoms with Crippen molar-refractivity contribution in [3.05, 3.63) is 71.0 Å². The Morgan fingerprint density at radius 3 is 2.66 bits per heavy atom. The van der Waals surface area contributed by atoms with E-state index in [1.165, 1.54) is 0 Å². The molecule has 6 heteroatoms. The number of nitrogens with one attached hydrogen (secondary N) is 1. The van der Waals surface area contributed by atoms with Gasteiger partial charge < -0.3 is 10.4 Å². The normalized spacial score (nSPS) is 14.8. The molecule has 1 aromatic heterocycles. The minimum Gasteiger partial charge on any atom is -0.478 e. The van der Waals surface area contributed by atoms with E-state index >= 15 is 0 Å². The van der Waals surface area contributed by atoms with Gasteiger partial charge in [0.2, 0.25) is 0 Å². The number of aromatic nitrogens is 2. The SMILES string of the molecule is C#CC1C=C(C(=O)Nc2cc(C)nn2C)C=CC1.CCc1ccccc1C(=O)O. The van der Waals surface area contributed by atoms with Gasteiger partial charge in [0, 0.05) is 24.6 Å². The van der Waals surface area contributed by atoms with Gasteiger partial charge in [0.25, 0.3) is 5.91 Å². The molecule has 0 fully saturated rings. The predicted molar refractivity (Wildman–Crippen MR) is 114 cm³/mol. The van der Waals surface area contributed by atoms with E-state index in [1.54, 1.807) is 29.9 Å². The summed E-state index contributed by atoms with van der Waals surface area (Å²) < 4.78 is 1.64. The van der Waals surface area contributed by atoms with Gasteiger partial charge in [-0.3, -0.25) is 9.48 Å². The first-order chi connectivity index (χ1) is 13.8. The van der Waals surface area contributed by atoms with Crippen LogP contribution in [0.5, 0.6) is 0 Å². The third-order valence-corrected chi connectivity index (χ3v) is 4.42. The molecule has 6 nitrogen and oxygen atoms in total. The molecule has 1 heterocycles. The number of benzene rings is 1. The highest BCUT2D eigenvalue weighted by atomic mass is 16.4. The van der Waals surface area contributed by atoms with Crippen LogP contribution in [0.4, 0.5) is 5.82 Å². The minimum absolute atomic E-state index is 0.00373. The molecule has 2 N–H and O–H groups in total. The molecule has 0 saturated heterocycles. The number of terminal acetylenes is 1. The fourth-order valence-corrected chi connectivity index (χ4v) is 2.90. The molecule has 1 unspecified atom stereocenters. The van der Waals surface area contributed by atoms with Crippen molar-refractivity contribution in [2.45, 2.75) is 26.7 Å². The van der Waals surface area contributed by atoms with Crippen LogP contribution in [0.15, 0.2) is 54.1 Å². The lowest BCUT2D eigenvalue weighted by atomic mass is 9.96. The van der Waals surface area contributed by atoms with Gasteiger partial charge in [-0.15, -0.1) is 6.42 Å². The molecule has 150 valence electrons. The number of aryl methyl sites for hydroxylation is 3. The molecule has 0 bridgehead atoms. The summed E-state index contributed by atoms with van der Waals surface area (Å²) in [5.74, 6) is 2.32. The quantitative estimate of drug-likeness (QED) is 0.778. The molecular formula is C23H25N3O3. The molecule has 2 aromatic rings. The Morgan fingerprint density at radius 1 is 1.38 bits per heavy atom. The van der Waals surface area contributed by atoms with Crippen LogP contribution in [0.1, 0.15) is 35.0 Å². The van der Waals surface area contributed by atoms with Gasteiger partial charge in [-0.1, -0.05) is 49.3 Å². The van der Waals surface area contributed by atoms with Crippen LogP contribution in [0.3, 0.4) is 0 Å². The number of rotatable bonds is 4. The fraction of sp³-hybridized carbons (Fsp3) is 0.261. The van der Waals surface area contributed by atoms with Gasteiger partial charge in [0.05, 0.1) is 11.3 Å². The number of carbonyl (C=O) groups is 2. The summed E-state index contributed by atoms with van der Waals surface area (Å²) in [6.07, 6.45) is 12.5. The molecule has 1 atom stereocenters. The predicted octanol–water partition coefficient (Wildman–Crippen LogP) is 3.75. The Morgan fingerprint density at radius 2 is 2.10 bits per heavy atom. The number of anilines is 1. The number of carboxylic acid groups (broad SMARTS) is 1. The Balaban J connectivity index is 0.000000234. The van der Waals surface area contributed by atoms with Crippen LogP contribution < -0.4 is 5.32 Å². The van der Waals surface area contributed by atoms with Crippen LogP contribution >= 0.6 is 0 Å². The average molecular weight is 391 g/mol. The van der Waals surface area contributed by atoms with Gasteiger partial charge in [-0.05, 0) is 31.4 Å². The monoisotopic (exact) mass is 391 g/mol. The lowest BCUT2D eigenvalue weighted by molar-refractivity contribution is -0.112. The lowest BCUT2D eigenvalue weighted by Gasteiger charge is -2.11. The molecule has 29 heavy (non-hydrogen) atoms. The number of allylic oxidation sites excluding steroid dienone is 2. The number of nitrogens with zero attached hydrogens (tertiary/aromatic N) is 2. The maximum atomic E-state index is 12.1. The van der Waals surface area contributed by atoms with E-state index in [9.17, 15) is 9.59 Å². The first-order valence-corrected chi connectivity index (χ1v) is 9.33. The summed E-state index contributed by atoms with van der Waals surface area (Å²) in [7, 11) is 1.79. The summed E-state index contributed by atoms with van der Waals surface area (Å²) in [6.45, 7) is 3.82. The zero-order chi connectivity index (χ0) is 21.4.